The lowest BCUT2D eigenvalue weighted by Gasteiger charge is -2.16. The van der Waals surface area contributed by atoms with E-state index in [1.165, 1.54) is 12.1 Å². The third-order valence-electron chi connectivity index (χ3n) is 4.51. The second-order valence-corrected chi connectivity index (χ2v) is 6.05. The Morgan fingerprint density at radius 2 is 2.00 bits per heavy atom. The summed E-state index contributed by atoms with van der Waals surface area (Å²) < 4.78 is 19.3. The Hall–Kier alpha value is -3.08. The summed E-state index contributed by atoms with van der Waals surface area (Å²) in [4.78, 5) is 12.5. The zero-order valence-corrected chi connectivity index (χ0v) is 13.9. The number of hydrogen-bond acceptors (Lipinski definition) is 3. The van der Waals surface area contributed by atoms with E-state index in [1.54, 1.807) is 19.2 Å². The molecule has 0 unspecified atom stereocenters. The fourth-order valence-corrected chi connectivity index (χ4v) is 3.19. The predicted molar refractivity (Wildman–Crippen MR) is 97.1 cm³/mol. The molecule has 0 bridgehead atoms. The zero-order valence-electron chi connectivity index (χ0n) is 13.9. The molecule has 0 spiro atoms. The van der Waals surface area contributed by atoms with E-state index in [0.717, 1.165) is 28.8 Å². The molecule has 0 atom stereocenters. The molecule has 4 rings (SSSR count). The SMILES string of the molecule is CNC(=O)c1c(-c2ccc(F)cc2)oc2cc3c(cc12)C(C)=CCN3. The number of carbonyl (C=O) groups is 1. The fraction of sp³-hybridized carbons (Fsp3) is 0.150. The highest BCUT2D eigenvalue weighted by Gasteiger charge is 2.23. The lowest BCUT2D eigenvalue weighted by molar-refractivity contribution is 0.0964. The second kappa shape index (κ2) is 5.77. The quantitative estimate of drug-likeness (QED) is 0.728. The van der Waals surface area contributed by atoms with Crippen LogP contribution in [0.25, 0.3) is 27.9 Å². The van der Waals surface area contributed by atoms with Crippen molar-refractivity contribution in [2.75, 3.05) is 18.9 Å². The number of amides is 1. The van der Waals surface area contributed by atoms with Gasteiger partial charge in [0.05, 0.1) is 5.56 Å². The highest BCUT2D eigenvalue weighted by atomic mass is 19.1. The number of allylic oxidation sites excluding steroid dienone is 1. The van der Waals surface area contributed by atoms with Crippen LogP contribution in [0.5, 0.6) is 0 Å². The van der Waals surface area contributed by atoms with Crippen molar-refractivity contribution in [2.24, 2.45) is 0 Å². The van der Waals surface area contributed by atoms with Crippen LogP contribution in [-0.2, 0) is 0 Å². The Labute approximate surface area is 144 Å². The van der Waals surface area contributed by atoms with Gasteiger partial charge in [-0.2, -0.15) is 0 Å². The molecule has 4 nitrogen and oxygen atoms in total. The fourth-order valence-electron chi connectivity index (χ4n) is 3.19. The summed E-state index contributed by atoms with van der Waals surface area (Å²) >= 11 is 0. The van der Waals surface area contributed by atoms with Gasteiger partial charge in [0.15, 0.2) is 0 Å². The van der Waals surface area contributed by atoms with Crippen molar-refractivity contribution in [3.05, 3.63) is 59.4 Å². The van der Waals surface area contributed by atoms with Crippen LogP contribution in [0.3, 0.4) is 0 Å². The van der Waals surface area contributed by atoms with Crippen LogP contribution in [0.15, 0.2) is 46.9 Å². The molecule has 3 aromatic rings. The molecule has 2 N–H and O–H groups in total. The summed E-state index contributed by atoms with van der Waals surface area (Å²) in [6.45, 7) is 2.81. The van der Waals surface area contributed by atoms with Crippen LogP contribution in [0.4, 0.5) is 10.1 Å². The van der Waals surface area contributed by atoms with Crippen LogP contribution >= 0.6 is 0 Å². The van der Waals surface area contributed by atoms with E-state index in [9.17, 15) is 9.18 Å². The van der Waals surface area contributed by atoms with Crippen molar-refractivity contribution < 1.29 is 13.6 Å². The van der Waals surface area contributed by atoms with Gasteiger partial charge in [0.25, 0.3) is 5.91 Å². The number of halogens is 1. The Morgan fingerprint density at radius 3 is 2.72 bits per heavy atom. The minimum Gasteiger partial charge on any atom is -0.455 e. The first kappa shape index (κ1) is 15.4. The molecule has 0 saturated carbocycles. The average Bonchev–Trinajstić information content (AvgIpc) is 2.99. The van der Waals surface area contributed by atoms with E-state index in [-0.39, 0.29) is 11.7 Å². The first-order chi connectivity index (χ1) is 12.1. The van der Waals surface area contributed by atoms with Crippen LogP contribution in [0.1, 0.15) is 22.8 Å². The third-order valence-corrected chi connectivity index (χ3v) is 4.51. The van der Waals surface area contributed by atoms with E-state index in [4.69, 9.17) is 4.42 Å². The lowest BCUT2D eigenvalue weighted by atomic mass is 9.97. The van der Waals surface area contributed by atoms with Gasteiger partial charge >= 0.3 is 0 Å². The number of carbonyl (C=O) groups excluding carboxylic acids is 1. The maximum atomic E-state index is 13.3. The maximum absolute atomic E-state index is 13.3. The van der Waals surface area contributed by atoms with Crippen molar-refractivity contribution >= 4 is 28.1 Å². The Bertz CT molecular complexity index is 1020. The lowest BCUT2D eigenvalue weighted by Crippen LogP contribution is -2.18. The van der Waals surface area contributed by atoms with Gasteiger partial charge in [-0.3, -0.25) is 4.79 Å². The van der Waals surface area contributed by atoms with E-state index < -0.39 is 0 Å². The molecule has 2 aromatic carbocycles. The smallest absolute Gasteiger partial charge is 0.255 e. The predicted octanol–water partition coefficient (Wildman–Crippen LogP) is 4.43. The summed E-state index contributed by atoms with van der Waals surface area (Å²) in [5.74, 6) is -0.122. The Balaban J connectivity index is 2.01. The van der Waals surface area contributed by atoms with Gasteiger partial charge in [-0.25, -0.2) is 4.39 Å². The van der Waals surface area contributed by atoms with Gasteiger partial charge < -0.3 is 15.1 Å². The van der Waals surface area contributed by atoms with Gasteiger partial charge in [-0.05, 0) is 42.8 Å². The topological polar surface area (TPSA) is 54.3 Å². The summed E-state index contributed by atoms with van der Waals surface area (Å²) in [7, 11) is 1.58. The molecule has 0 aliphatic carbocycles. The van der Waals surface area contributed by atoms with Gasteiger partial charge in [0, 0.05) is 41.9 Å². The molecule has 1 amide bonds. The van der Waals surface area contributed by atoms with Gasteiger partial charge in [0.1, 0.15) is 17.2 Å². The molecule has 1 aliphatic rings. The monoisotopic (exact) mass is 336 g/mol. The minimum absolute atomic E-state index is 0.233. The van der Waals surface area contributed by atoms with Crippen LogP contribution < -0.4 is 10.6 Å². The number of benzene rings is 2. The molecule has 126 valence electrons. The number of nitrogens with one attached hydrogen (secondary N) is 2. The van der Waals surface area contributed by atoms with Gasteiger partial charge in [-0.1, -0.05) is 6.08 Å². The number of anilines is 1. The molecular formula is C20H17FN2O2. The van der Waals surface area contributed by atoms with Gasteiger partial charge in [-0.15, -0.1) is 0 Å². The van der Waals surface area contributed by atoms with E-state index in [0.29, 0.717) is 22.5 Å². The molecule has 25 heavy (non-hydrogen) atoms. The highest BCUT2D eigenvalue weighted by Crippen LogP contribution is 2.39. The maximum Gasteiger partial charge on any atom is 0.255 e. The first-order valence-electron chi connectivity index (χ1n) is 8.08. The first-order valence-corrected chi connectivity index (χ1v) is 8.08. The van der Waals surface area contributed by atoms with Crippen molar-refractivity contribution in [1.29, 1.82) is 0 Å². The van der Waals surface area contributed by atoms with E-state index in [2.05, 4.69) is 16.7 Å². The van der Waals surface area contributed by atoms with Crippen LogP contribution in [-0.4, -0.2) is 19.5 Å². The normalized spacial score (nSPS) is 13.2. The van der Waals surface area contributed by atoms with Gasteiger partial charge in [0.2, 0.25) is 0 Å². The molecule has 0 fully saturated rings. The molecule has 5 heteroatoms. The summed E-state index contributed by atoms with van der Waals surface area (Å²) in [5, 5.41) is 6.73. The van der Waals surface area contributed by atoms with Crippen LogP contribution in [0, 0.1) is 5.82 Å². The number of hydrogen-bond donors (Lipinski definition) is 2. The van der Waals surface area contributed by atoms with Crippen molar-refractivity contribution in [3.8, 4) is 11.3 Å². The molecule has 1 aromatic heterocycles. The molecule has 2 heterocycles. The van der Waals surface area contributed by atoms with Crippen molar-refractivity contribution in [1.82, 2.24) is 5.32 Å². The zero-order chi connectivity index (χ0) is 17.6. The average molecular weight is 336 g/mol. The summed E-state index contributed by atoms with van der Waals surface area (Å²) in [5.41, 5.74) is 4.94. The number of furan rings is 1. The summed E-state index contributed by atoms with van der Waals surface area (Å²) in [6, 6.07) is 9.83. The minimum atomic E-state index is -0.332. The standard InChI is InChI=1S/C20H17FN2O2/c1-11-7-8-23-16-10-17-15(9-14(11)16)18(20(24)22-2)19(25-17)12-3-5-13(21)6-4-12/h3-7,9-10,23H,8H2,1-2H3,(H,22,24). The third kappa shape index (κ3) is 2.48. The van der Waals surface area contributed by atoms with E-state index >= 15 is 0 Å². The number of fused-ring (bicyclic) bond motifs is 2. The van der Waals surface area contributed by atoms with Crippen molar-refractivity contribution in [3.63, 3.8) is 0 Å². The molecule has 0 radical (unpaired) electrons. The second-order valence-electron chi connectivity index (χ2n) is 6.05. The molecule has 1 aliphatic heterocycles. The summed E-state index contributed by atoms with van der Waals surface area (Å²) in [6.07, 6.45) is 2.11. The Morgan fingerprint density at radius 1 is 1.24 bits per heavy atom. The molecular weight excluding hydrogens is 319 g/mol. The highest BCUT2D eigenvalue weighted by molar-refractivity contribution is 6.12. The molecule has 0 saturated heterocycles. The largest absolute Gasteiger partial charge is 0.455 e. The van der Waals surface area contributed by atoms with Crippen LogP contribution in [0.2, 0.25) is 0 Å². The van der Waals surface area contributed by atoms with Crippen molar-refractivity contribution in [2.45, 2.75) is 6.92 Å². The van der Waals surface area contributed by atoms with E-state index in [1.807, 2.05) is 19.1 Å². The Kier molecular flexibility index (Phi) is 3.57. The number of rotatable bonds is 2.